The Labute approximate surface area is 185 Å². The fourth-order valence-electron chi connectivity index (χ4n) is 3.63. The van der Waals surface area contributed by atoms with Gasteiger partial charge in [0, 0.05) is 23.3 Å². The molecule has 162 valence electrons. The van der Waals surface area contributed by atoms with Crippen LogP contribution >= 0.6 is 0 Å². The van der Waals surface area contributed by atoms with Crippen LogP contribution < -0.4 is 0 Å². The van der Waals surface area contributed by atoms with E-state index in [1.165, 1.54) is 12.1 Å². The maximum absolute atomic E-state index is 12.9. The van der Waals surface area contributed by atoms with E-state index < -0.39 is 9.85 Å². The molecule has 0 aliphatic heterocycles. The molecular weight excluding hydrogens is 408 g/mol. The van der Waals surface area contributed by atoms with Gasteiger partial charge in [0.1, 0.15) is 0 Å². The van der Waals surface area contributed by atoms with Crippen LogP contribution in [0.3, 0.4) is 0 Å². The Morgan fingerprint density at radius 1 is 0.781 bits per heavy atom. The van der Waals surface area contributed by atoms with Crippen molar-refractivity contribution in [1.29, 1.82) is 0 Å². The number of allylic oxidation sites excluding steroid dienone is 6. The van der Waals surface area contributed by atoms with Crippen molar-refractivity contribution in [3.8, 4) is 0 Å². The van der Waals surface area contributed by atoms with Crippen LogP contribution in [0.2, 0.25) is 0 Å². The lowest BCUT2D eigenvalue weighted by atomic mass is 9.81. The molecule has 1 aliphatic rings. The van der Waals surface area contributed by atoms with Crippen LogP contribution in [0.4, 0.5) is 11.4 Å². The minimum atomic E-state index is -0.440. The van der Waals surface area contributed by atoms with E-state index in [9.17, 15) is 25.0 Å². The molecule has 2 aromatic carbocycles. The third kappa shape index (κ3) is 5.51. The third-order valence-corrected chi connectivity index (χ3v) is 5.13. The molecular formula is C25H22N2O5. The Hall–Kier alpha value is -4.13. The summed E-state index contributed by atoms with van der Waals surface area (Å²) in [7, 11) is 0. The summed E-state index contributed by atoms with van der Waals surface area (Å²) < 4.78 is 0. The second kappa shape index (κ2) is 10.3. The lowest BCUT2D eigenvalue weighted by Gasteiger charge is -2.21. The molecule has 7 nitrogen and oxygen atoms in total. The summed E-state index contributed by atoms with van der Waals surface area (Å²) in [5.74, 6) is 0.173. The van der Waals surface area contributed by atoms with Gasteiger partial charge in [0.05, 0.1) is 21.0 Å². The molecule has 0 aromatic heterocycles. The van der Waals surface area contributed by atoms with Crippen LogP contribution in [0, 0.1) is 26.1 Å². The predicted octanol–water partition coefficient (Wildman–Crippen LogP) is 6.08. The minimum Gasteiger partial charge on any atom is -0.289 e. The highest BCUT2D eigenvalue weighted by atomic mass is 16.6. The summed E-state index contributed by atoms with van der Waals surface area (Å²) >= 11 is 0. The number of rotatable bonds is 6. The normalized spacial score (nSPS) is 19.3. The van der Waals surface area contributed by atoms with Crippen LogP contribution in [0.15, 0.2) is 84.0 Å². The van der Waals surface area contributed by atoms with E-state index in [0.29, 0.717) is 35.1 Å². The van der Waals surface area contributed by atoms with Gasteiger partial charge in [0.15, 0.2) is 5.78 Å². The van der Waals surface area contributed by atoms with Crippen LogP contribution in [-0.4, -0.2) is 15.6 Å². The highest BCUT2D eigenvalue weighted by Crippen LogP contribution is 2.30. The Bertz CT molecular complexity index is 1080. The first-order valence-corrected chi connectivity index (χ1v) is 10.1. The van der Waals surface area contributed by atoms with E-state index in [1.54, 1.807) is 72.9 Å². The van der Waals surface area contributed by atoms with E-state index >= 15 is 0 Å². The Kier molecular flexibility index (Phi) is 7.23. The zero-order chi connectivity index (χ0) is 23.1. The van der Waals surface area contributed by atoms with Gasteiger partial charge in [0.2, 0.25) is 0 Å². The van der Waals surface area contributed by atoms with Crippen LogP contribution in [0.1, 0.15) is 30.9 Å². The van der Waals surface area contributed by atoms with Crippen molar-refractivity contribution in [2.75, 3.05) is 0 Å². The molecule has 0 unspecified atom stereocenters. The summed E-state index contributed by atoms with van der Waals surface area (Å²) in [4.78, 5) is 34.3. The molecule has 0 saturated heterocycles. The van der Waals surface area contributed by atoms with Crippen molar-refractivity contribution in [2.45, 2.75) is 19.8 Å². The molecule has 3 rings (SSSR count). The topological polar surface area (TPSA) is 103 Å². The van der Waals surface area contributed by atoms with Gasteiger partial charge < -0.3 is 0 Å². The SMILES string of the molecule is CC1C/C(=C\C=C\c2ccccc2[N+](=O)[O-])C(=O)/C(=C/C=C/c2ccccc2[N+](=O)[O-])C1. The van der Waals surface area contributed by atoms with E-state index in [0.717, 1.165) is 0 Å². The molecule has 0 spiro atoms. The maximum atomic E-state index is 12.9. The monoisotopic (exact) mass is 430 g/mol. The molecule has 1 aliphatic carbocycles. The van der Waals surface area contributed by atoms with Crippen LogP contribution in [0.5, 0.6) is 0 Å². The number of nitro benzene ring substituents is 2. The van der Waals surface area contributed by atoms with Crippen molar-refractivity contribution in [3.63, 3.8) is 0 Å². The van der Waals surface area contributed by atoms with E-state index in [-0.39, 0.29) is 23.1 Å². The van der Waals surface area contributed by atoms with Gasteiger partial charge in [0.25, 0.3) is 11.4 Å². The number of ketones is 1. The number of hydrogen-bond acceptors (Lipinski definition) is 5. The second-order valence-corrected chi connectivity index (χ2v) is 7.58. The Balaban J connectivity index is 1.80. The van der Waals surface area contributed by atoms with Crippen LogP contribution in [0.25, 0.3) is 12.2 Å². The van der Waals surface area contributed by atoms with Gasteiger partial charge in [-0.2, -0.15) is 0 Å². The standard InChI is InChI=1S/C25H22N2O5/c1-18-16-21(12-6-10-19-8-2-4-14-23(19)26(29)30)25(28)22(17-18)13-7-11-20-9-3-5-15-24(20)27(31)32/h2-15,18H,16-17H2,1H3/b10-6+,11-7+,21-12+,22-13+. The number of Topliss-reactive ketones (excluding diaryl/α,β-unsaturated/α-hetero) is 1. The Morgan fingerprint density at radius 2 is 1.19 bits per heavy atom. The zero-order valence-electron chi connectivity index (χ0n) is 17.5. The molecule has 7 heteroatoms. The largest absolute Gasteiger partial charge is 0.289 e. The maximum Gasteiger partial charge on any atom is 0.276 e. The van der Waals surface area contributed by atoms with E-state index in [4.69, 9.17) is 0 Å². The van der Waals surface area contributed by atoms with E-state index in [2.05, 4.69) is 0 Å². The first-order valence-electron chi connectivity index (χ1n) is 10.1. The average molecular weight is 430 g/mol. The number of carbonyl (C=O) groups excluding carboxylic acids is 1. The van der Waals surface area contributed by atoms with Crippen LogP contribution in [-0.2, 0) is 4.79 Å². The van der Waals surface area contributed by atoms with Gasteiger partial charge >= 0.3 is 0 Å². The molecule has 32 heavy (non-hydrogen) atoms. The second-order valence-electron chi connectivity index (χ2n) is 7.58. The van der Waals surface area contributed by atoms with Gasteiger partial charge in [-0.1, -0.05) is 55.5 Å². The zero-order valence-corrected chi connectivity index (χ0v) is 17.5. The fraction of sp³-hybridized carbons (Fsp3) is 0.160. The van der Waals surface area contributed by atoms with Crippen molar-refractivity contribution >= 4 is 29.3 Å². The minimum absolute atomic E-state index is 0.00576. The van der Waals surface area contributed by atoms with Crippen molar-refractivity contribution in [2.24, 2.45) is 5.92 Å². The lowest BCUT2D eigenvalue weighted by molar-refractivity contribution is -0.385. The fourth-order valence-corrected chi connectivity index (χ4v) is 3.63. The van der Waals surface area contributed by atoms with Gasteiger partial charge in [-0.15, -0.1) is 0 Å². The molecule has 2 aromatic rings. The van der Waals surface area contributed by atoms with Crippen molar-refractivity contribution in [3.05, 3.63) is 115 Å². The molecule has 1 saturated carbocycles. The quantitative estimate of drug-likeness (QED) is 0.314. The number of hydrogen-bond donors (Lipinski definition) is 0. The average Bonchev–Trinajstić information content (AvgIpc) is 2.77. The van der Waals surface area contributed by atoms with E-state index in [1.807, 2.05) is 6.92 Å². The smallest absolute Gasteiger partial charge is 0.276 e. The predicted molar refractivity (Wildman–Crippen MR) is 124 cm³/mol. The number of carbonyl (C=O) groups is 1. The highest BCUT2D eigenvalue weighted by molar-refractivity contribution is 6.09. The molecule has 0 atom stereocenters. The molecule has 0 N–H and O–H groups in total. The highest BCUT2D eigenvalue weighted by Gasteiger charge is 2.24. The summed E-state index contributed by atoms with van der Waals surface area (Å²) in [5.41, 5.74) is 2.20. The molecule has 0 heterocycles. The first-order chi connectivity index (χ1) is 15.4. The summed E-state index contributed by atoms with van der Waals surface area (Å²) in [5, 5.41) is 22.3. The molecule has 1 fully saturated rings. The van der Waals surface area contributed by atoms with Gasteiger partial charge in [-0.05, 0) is 43.0 Å². The Morgan fingerprint density at radius 3 is 1.59 bits per heavy atom. The van der Waals surface area contributed by atoms with Crippen molar-refractivity contribution in [1.82, 2.24) is 0 Å². The molecule has 0 amide bonds. The summed E-state index contributed by atoms with van der Waals surface area (Å²) in [6.45, 7) is 2.05. The number of nitrogens with zero attached hydrogens (tertiary/aromatic N) is 2. The van der Waals surface area contributed by atoms with Crippen molar-refractivity contribution < 1.29 is 14.6 Å². The first kappa shape index (κ1) is 22.6. The molecule has 0 bridgehead atoms. The summed E-state index contributed by atoms with van der Waals surface area (Å²) in [6.07, 6.45) is 11.2. The number of benzene rings is 2. The lowest BCUT2D eigenvalue weighted by Crippen LogP contribution is -2.18. The number of para-hydroxylation sites is 2. The van der Waals surface area contributed by atoms with Gasteiger partial charge in [-0.25, -0.2) is 0 Å². The summed E-state index contributed by atoms with van der Waals surface area (Å²) in [6, 6.07) is 12.8. The number of nitro groups is 2. The molecule has 0 radical (unpaired) electrons. The van der Waals surface area contributed by atoms with Gasteiger partial charge in [-0.3, -0.25) is 25.0 Å². The third-order valence-electron chi connectivity index (χ3n) is 5.13.